The number of nitrogens with zero attached hydrogens (tertiary/aromatic N) is 3. The fourth-order valence-corrected chi connectivity index (χ4v) is 4.27. The second kappa shape index (κ2) is 9.66. The number of halogens is 1. The maximum absolute atomic E-state index is 13.1. The van der Waals surface area contributed by atoms with E-state index in [0.717, 1.165) is 0 Å². The average Bonchev–Trinajstić information content (AvgIpc) is 2.97. The van der Waals surface area contributed by atoms with E-state index in [1.54, 1.807) is 41.2 Å². The summed E-state index contributed by atoms with van der Waals surface area (Å²) in [6.07, 6.45) is 0.590. The van der Waals surface area contributed by atoms with Gasteiger partial charge in [0.05, 0.1) is 12.6 Å². The molecule has 2 atom stereocenters. The van der Waals surface area contributed by atoms with Crippen LogP contribution in [0.2, 0.25) is 5.02 Å². The molecule has 30 heavy (non-hydrogen) atoms. The third kappa shape index (κ3) is 5.05. The van der Waals surface area contributed by atoms with Gasteiger partial charge in [-0.3, -0.25) is 9.59 Å². The van der Waals surface area contributed by atoms with Gasteiger partial charge in [0, 0.05) is 37.5 Å². The number of benzene rings is 1. The Morgan fingerprint density at radius 3 is 2.67 bits per heavy atom. The molecular weight excluding hydrogens is 408 g/mol. The molecule has 2 aliphatic heterocycles. The van der Waals surface area contributed by atoms with Crippen LogP contribution in [0.3, 0.4) is 0 Å². The van der Waals surface area contributed by atoms with Crippen molar-refractivity contribution in [1.82, 2.24) is 14.7 Å². The largest absolute Gasteiger partial charge is 0.383 e. The molecule has 0 aliphatic carbocycles. The molecule has 0 radical (unpaired) electrons. The first-order chi connectivity index (χ1) is 14.3. The first-order valence-electron chi connectivity index (χ1n) is 10.2. The number of nitrogens with one attached hydrogen (secondary N) is 1. The highest BCUT2D eigenvalue weighted by atomic mass is 35.5. The van der Waals surface area contributed by atoms with Crippen LogP contribution in [0, 0.1) is 5.92 Å². The van der Waals surface area contributed by atoms with E-state index in [4.69, 9.17) is 16.3 Å². The summed E-state index contributed by atoms with van der Waals surface area (Å²) in [6, 6.07) is 5.97. The maximum atomic E-state index is 13.1. The third-order valence-corrected chi connectivity index (χ3v) is 5.62. The van der Waals surface area contributed by atoms with E-state index in [2.05, 4.69) is 5.32 Å². The molecular formula is C21H29ClN4O4. The van der Waals surface area contributed by atoms with Gasteiger partial charge in [-0.05, 0) is 30.5 Å². The van der Waals surface area contributed by atoms with Crippen molar-refractivity contribution in [3.8, 4) is 0 Å². The highest BCUT2D eigenvalue weighted by Crippen LogP contribution is 2.29. The van der Waals surface area contributed by atoms with Crippen LogP contribution in [0.4, 0.5) is 10.5 Å². The Kier molecular flexibility index (Phi) is 7.20. The molecule has 0 aromatic heterocycles. The lowest BCUT2D eigenvalue weighted by Gasteiger charge is -2.42. The Bertz CT molecular complexity index is 803. The van der Waals surface area contributed by atoms with Crippen LogP contribution in [0.15, 0.2) is 24.3 Å². The lowest BCUT2D eigenvalue weighted by atomic mass is 9.97. The van der Waals surface area contributed by atoms with Crippen molar-refractivity contribution in [2.75, 3.05) is 45.2 Å². The molecule has 1 aromatic carbocycles. The lowest BCUT2D eigenvalue weighted by Crippen LogP contribution is -2.61. The summed E-state index contributed by atoms with van der Waals surface area (Å²) in [7, 11) is 1.60. The topological polar surface area (TPSA) is 82.2 Å². The first-order valence-corrected chi connectivity index (χ1v) is 10.6. The molecule has 0 spiro atoms. The molecule has 0 saturated carbocycles. The molecule has 2 heterocycles. The number of urea groups is 1. The zero-order valence-corrected chi connectivity index (χ0v) is 18.4. The summed E-state index contributed by atoms with van der Waals surface area (Å²) in [4.78, 5) is 43.6. The lowest BCUT2D eigenvalue weighted by molar-refractivity contribution is -0.143. The van der Waals surface area contributed by atoms with Gasteiger partial charge in [-0.25, -0.2) is 4.79 Å². The van der Waals surface area contributed by atoms with Gasteiger partial charge in [-0.1, -0.05) is 31.5 Å². The average molecular weight is 437 g/mol. The first kappa shape index (κ1) is 22.4. The maximum Gasteiger partial charge on any atom is 0.321 e. The highest BCUT2D eigenvalue weighted by molar-refractivity contribution is 6.30. The Hall–Kier alpha value is -2.32. The number of carbonyl (C=O) groups excluding carboxylic acids is 3. The van der Waals surface area contributed by atoms with Gasteiger partial charge in [0.15, 0.2) is 0 Å². The molecule has 2 saturated heterocycles. The van der Waals surface area contributed by atoms with Crippen LogP contribution in [0.5, 0.6) is 0 Å². The molecule has 0 bridgehead atoms. The molecule has 4 amide bonds. The number of fused-ring (bicyclic) bond motifs is 1. The molecule has 3 rings (SSSR count). The van der Waals surface area contributed by atoms with Crippen LogP contribution in [0.1, 0.15) is 20.3 Å². The summed E-state index contributed by atoms with van der Waals surface area (Å²) in [5.41, 5.74) is 0.579. The zero-order chi connectivity index (χ0) is 21.8. The zero-order valence-electron chi connectivity index (χ0n) is 17.6. The molecule has 1 N–H and O–H groups in total. The summed E-state index contributed by atoms with van der Waals surface area (Å²) in [6.45, 7) is 5.81. The number of hydrogen-bond acceptors (Lipinski definition) is 4. The number of anilines is 1. The summed E-state index contributed by atoms with van der Waals surface area (Å²) < 4.78 is 5.13. The Morgan fingerprint density at radius 2 is 2.00 bits per heavy atom. The van der Waals surface area contributed by atoms with Gasteiger partial charge >= 0.3 is 6.03 Å². The minimum Gasteiger partial charge on any atom is -0.383 e. The predicted molar refractivity (Wildman–Crippen MR) is 114 cm³/mol. The van der Waals surface area contributed by atoms with Gasteiger partial charge in [-0.15, -0.1) is 0 Å². The van der Waals surface area contributed by atoms with E-state index in [1.165, 1.54) is 4.90 Å². The van der Waals surface area contributed by atoms with E-state index in [0.29, 0.717) is 43.4 Å². The minimum absolute atomic E-state index is 0.0458. The summed E-state index contributed by atoms with van der Waals surface area (Å²) in [5, 5.41) is 3.29. The van der Waals surface area contributed by atoms with Gasteiger partial charge in [0.1, 0.15) is 12.6 Å². The molecule has 164 valence electrons. The van der Waals surface area contributed by atoms with Crippen molar-refractivity contribution in [2.45, 2.75) is 32.4 Å². The van der Waals surface area contributed by atoms with Crippen molar-refractivity contribution in [1.29, 1.82) is 0 Å². The second-order valence-corrected chi connectivity index (χ2v) is 8.64. The van der Waals surface area contributed by atoms with Crippen LogP contribution < -0.4 is 5.32 Å². The number of hydrogen-bond donors (Lipinski definition) is 1. The van der Waals surface area contributed by atoms with Gasteiger partial charge in [-0.2, -0.15) is 0 Å². The SMILES string of the molecule is COCCN1C[C@@H]2CN(CC(=O)Nc3cccc(Cl)c3)C(=O)N2[C@@H](CC(C)C)C1=O. The smallest absolute Gasteiger partial charge is 0.321 e. The monoisotopic (exact) mass is 436 g/mol. The van der Waals surface area contributed by atoms with Crippen molar-refractivity contribution in [3.05, 3.63) is 29.3 Å². The number of carbonyl (C=O) groups is 3. The number of ether oxygens (including phenoxy) is 1. The Morgan fingerprint density at radius 1 is 1.27 bits per heavy atom. The Labute approximate surface area is 182 Å². The number of rotatable bonds is 8. The molecule has 2 fully saturated rings. The van der Waals surface area contributed by atoms with E-state index in [-0.39, 0.29) is 36.3 Å². The minimum atomic E-state index is -0.505. The molecule has 0 unspecified atom stereocenters. The van der Waals surface area contributed by atoms with E-state index < -0.39 is 6.04 Å². The molecule has 9 heteroatoms. The fourth-order valence-electron chi connectivity index (χ4n) is 4.08. The van der Waals surface area contributed by atoms with Gasteiger partial charge in [0.25, 0.3) is 0 Å². The Balaban J connectivity index is 1.70. The second-order valence-electron chi connectivity index (χ2n) is 8.21. The predicted octanol–water partition coefficient (Wildman–Crippen LogP) is 2.29. The van der Waals surface area contributed by atoms with Crippen molar-refractivity contribution < 1.29 is 19.1 Å². The van der Waals surface area contributed by atoms with Crippen LogP contribution in [0.25, 0.3) is 0 Å². The normalized spacial score (nSPS) is 21.4. The molecule has 1 aromatic rings. The van der Waals surface area contributed by atoms with E-state index >= 15 is 0 Å². The van der Waals surface area contributed by atoms with Gasteiger partial charge in [0.2, 0.25) is 11.8 Å². The van der Waals surface area contributed by atoms with Crippen molar-refractivity contribution in [2.24, 2.45) is 5.92 Å². The van der Waals surface area contributed by atoms with Crippen LogP contribution >= 0.6 is 11.6 Å². The number of amides is 4. The molecule has 2 aliphatic rings. The van der Waals surface area contributed by atoms with E-state index in [9.17, 15) is 14.4 Å². The van der Waals surface area contributed by atoms with Crippen molar-refractivity contribution >= 4 is 35.1 Å². The summed E-state index contributed by atoms with van der Waals surface area (Å²) >= 11 is 5.96. The molecule has 8 nitrogen and oxygen atoms in total. The summed E-state index contributed by atoms with van der Waals surface area (Å²) in [5.74, 6) is -0.0843. The number of methoxy groups -OCH3 is 1. The number of piperazine rings is 1. The van der Waals surface area contributed by atoms with E-state index in [1.807, 2.05) is 13.8 Å². The standard InChI is InChI=1S/C21H29ClN4O4/c1-14(2)9-18-20(28)24(7-8-30-3)11-17-12-25(21(29)26(17)18)13-19(27)23-16-6-4-5-15(22)10-16/h4-6,10,14,17-18H,7-9,11-13H2,1-3H3,(H,23,27)/t17-,18+/m1/s1. The van der Waals surface area contributed by atoms with Crippen LogP contribution in [-0.2, 0) is 14.3 Å². The van der Waals surface area contributed by atoms with Crippen molar-refractivity contribution in [3.63, 3.8) is 0 Å². The van der Waals surface area contributed by atoms with Gasteiger partial charge < -0.3 is 24.8 Å². The fraction of sp³-hybridized carbons (Fsp3) is 0.571. The third-order valence-electron chi connectivity index (χ3n) is 5.38. The highest BCUT2D eigenvalue weighted by Gasteiger charge is 2.49. The quantitative estimate of drug-likeness (QED) is 0.677. The van der Waals surface area contributed by atoms with Crippen LogP contribution in [-0.4, -0.2) is 84.5 Å².